The second-order valence-corrected chi connectivity index (χ2v) is 12.4. The average molecular weight is 703 g/mol. The number of fused-ring (bicyclic) bond motifs is 7. The van der Waals surface area contributed by atoms with Crippen molar-refractivity contribution in [2.45, 2.75) is 49.0 Å². The number of nitrogens with one attached hydrogen (secondary N) is 5. The molecule has 3 aliphatic rings. The molecule has 2 saturated heterocycles. The predicted octanol–water partition coefficient (Wildman–Crippen LogP) is -4.37. The van der Waals surface area contributed by atoms with E-state index >= 15 is 0 Å². The van der Waals surface area contributed by atoms with Crippen molar-refractivity contribution >= 4 is 56.8 Å². The van der Waals surface area contributed by atoms with Gasteiger partial charge in [-0.1, -0.05) is 0 Å². The number of aliphatic hydroxyl groups excluding tert-OH is 2. The van der Waals surface area contributed by atoms with Gasteiger partial charge < -0.3 is 52.4 Å². The number of aromatic nitrogens is 8. The molecule has 2 aromatic carbocycles. The first-order chi connectivity index (χ1) is 24.5. The molecule has 51 heavy (non-hydrogen) atoms. The zero-order valence-electron chi connectivity index (χ0n) is 25.8. The van der Waals surface area contributed by atoms with Crippen LogP contribution in [0.2, 0.25) is 0 Å². The van der Waals surface area contributed by atoms with Crippen molar-refractivity contribution in [1.29, 1.82) is 0 Å². The molecule has 3 aliphatic heterocycles. The number of nitrogen functional groups attached to an aromatic ring is 2. The van der Waals surface area contributed by atoms with Crippen LogP contribution in [0, 0.1) is 0 Å². The Kier molecular flexibility index (Phi) is 6.54. The highest BCUT2D eigenvalue weighted by Crippen LogP contribution is 2.37. The molecule has 11 N–H and O–H groups in total. The first kappa shape index (κ1) is 30.7. The van der Waals surface area contributed by atoms with Crippen molar-refractivity contribution in [3.05, 3.63) is 70.2 Å². The monoisotopic (exact) mass is 702 g/mol. The molecule has 2 fully saturated rings. The Labute approximate surface area is 280 Å². The summed E-state index contributed by atoms with van der Waals surface area (Å²) in [6, 6.07) is -2.21. The molecule has 0 saturated carbocycles. The lowest BCUT2D eigenvalue weighted by atomic mass is 10.0. The van der Waals surface area contributed by atoms with E-state index in [1.165, 1.54) is 28.1 Å². The quantitative estimate of drug-likeness (QED) is 0.0769. The fourth-order valence-corrected chi connectivity index (χ4v) is 6.95. The summed E-state index contributed by atoms with van der Waals surface area (Å²) in [7, 11) is 0. The van der Waals surface area contributed by atoms with Crippen molar-refractivity contribution in [1.82, 2.24) is 39.0 Å². The number of aliphatic hydroxyl groups is 2. The van der Waals surface area contributed by atoms with Gasteiger partial charge >= 0.3 is 0 Å². The fraction of sp³-hybridized carbons (Fsp3) is 0.357. The van der Waals surface area contributed by atoms with Crippen LogP contribution >= 0.6 is 0 Å². The zero-order chi connectivity index (χ0) is 35.5. The Balaban J connectivity index is 1.10. The minimum atomic E-state index is -1.40. The number of anilines is 6. The average Bonchev–Trinajstić information content (AvgIpc) is 3.88. The molecule has 7 heterocycles. The number of rotatable bonds is 2. The van der Waals surface area contributed by atoms with Crippen LogP contribution in [0.1, 0.15) is 12.5 Å². The molecule has 0 amide bonds. The Morgan fingerprint density at radius 1 is 0.686 bits per heavy atom. The number of ether oxygens (including phenoxy) is 2. The zero-order valence-corrected chi connectivity index (χ0v) is 25.8. The maximum absolute atomic E-state index is 12.9. The summed E-state index contributed by atoms with van der Waals surface area (Å²) in [6.07, 6.45) is -3.38. The fourth-order valence-electron chi connectivity index (χ4n) is 6.95. The SMILES string of the molecule is Nc1nc2c(ncn2[C@@H]2O[C@@H]3CNc4c(c(=O)c4=O)NC4[C@@H](CNc5c(c(=O)c5=O)N[C@H]2C3O)O[C@@H](n2cnc3c(N)ncnc32)[C@H]4O)c(=O)[nH]1. The van der Waals surface area contributed by atoms with E-state index in [9.17, 15) is 34.2 Å². The third-order valence-corrected chi connectivity index (χ3v) is 9.53. The van der Waals surface area contributed by atoms with E-state index in [4.69, 9.17) is 20.9 Å². The largest absolute Gasteiger partial charge is 0.388 e. The standard InChI is InChI=1S/C28H26N14O9/c29-22-14-23(34-3-33-22)41(4-35-14)27-21(48)8-6(50-27)1-31-10-12(20(47)18(10)45)38-13-16(43)7(2-32-9-11(37-8)19(46)17(9)44)51-26(13)42-5-36-15-24(42)39-28(30)40-25(15)49/h3-8,13,16,21,26-27,31-32,37-38,43,48H,1-2H2,(H2,29,33,34)(H3,30,39,40,49)/t6-,7-,8?,13+,16?,21+,26-,27-/m1/s1. The van der Waals surface area contributed by atoms with Crippen molar-refractivity contribution in [3.63, 3.8) is 0 Å². The highest BCUT2D eigenvalue weighted by Gasteiger charge is 2.49. The topological polar surface area (TPSA) is 335 Å². The Bertz CT molecular complexity index is 2600. The van der Waals surface area contributed by atoms with Gasteiger partial charge in [0.15, 0.2) is 35.1 Å². The van der Waals surface area contributed by atoms with Crippen LogP contribution in [0.3, 0.4) is 0 Å². The second-order valence-electron chi connectivity index (χ2n) is 12.4. The highest BCUT2D eigenvalue weighted by atomic mass is 16.5. The number of hydrogen-bond acceptors (Lipinski definition) is 20. The molecule has 2 unspecified atom stereocenters. The predicted molar refractivity (Wildman–Crippen MR) is 177 cm³/mol. The molecule has 8 atom stereocenters. The van der Waals surface area contributed by atoms with Crippen LogP contribution in [0.25, 0.3) is 22.3 Å². The van der Waals surface area contributed by atoms with E-state index in [0.29, 0.717) is 0 Å². The van der Waals surface area contributed by atoms with Gasteiger partial charge in [-0.3, -0.25) is 38.1 Å². The first-order valence-corrected chi connectivity index (χ1v) is 15.5. The number of nitrogens with two attached hydrogens (primary N) is 2. The molecular formula is C28H26N14O9. The van der Waals surface area contributed by atoms with Gasteiger partial charge in [0.1, 0.15) is 65.1 Å². The van der Waals surface area contributed by atoms with Crippen LogP contribution in [-0.4, -0.2) is 98.8 Å². The number of nitrogens with zero attached hydrogens (tertiary/aromatic N) is 7. The lowest BCUT2D eigenvalue weighted by molar-refractivity contribution is -0.0311. The summed E-state index contributed by atoms with van der Waals surface area (Å²) in [5, 5.41) is 34.7. The molecule has 6 aromatic rings. The maximum atomic E-state index is 12.9. The van der Waals surface area contributed by atoms with E-state index in [0.717, 1.165) is 0 Å². The van der Waals surface area contributed by atoms with Gasteiger partial charge in [-0.05, 0) is 0 Å². The van der Waals surface area contributed by atoms with Crippen LogP contribution in [0.4, 0.5) is 34.5 Å². The third kappa shape index (κ3) is 4.38. The first-order valence-electron chi connectivity index (χ1n) is 15.5. The molecule has 262 valence electrons. The summed E-state index contributed by atoms with van der Waals surface area (Å²) in [5.74, 6) is -0.113. The summed E-state index contributed by atoms with van der Waals surface area (Å²) in [5.41, 5.74) is 7.48. The molecular weight excluding hydrogens is 676 g/mol. The van der Waals surface area contributed by atoms with E-state index in [2.05, 4.69) is 51.2 Å². The third-order valence-electron chi connectivity index (χ3n) is 9.53. The van der Waals surface area contributed by atoms with Gasteiger partial charge in [0.05, 0.1) is 18.7 Å². The number of H-pyrrole nitrogens is 1. The minimum Gasteiger partial charge on any atom is -0.388 e. The van der Waals surface area contributed by atoms with Gasteiger partial charge in [-0.15, -0.1) is 0 Å². The second kappa shape index (κ2) is 10.8. The maximum Gasteiger partial charge on any atom is 0.280 e. The van der Waals surface area contributed by atoms with Crippen molar-refractivity contribution < 1.29 is 19.7 Å². The van der Waals surface area contributed by atoms with E-state index in [1.807, 2.05) is 0 Å². The smallest absolute Gasteiger partial charge is 0.280 e. The molecule has 0 spiro atoms. The normalized spacial score (nSPS) is 27.9. The molecule has 2 bridgehead atoms. The van der Waals surface area contributed by atoms with Crippen LogP contribution < -0.4 is 60.0 Å². The summed E-state index contributed by atoms with van der Waals surface area (Å²) >= 11 is 0. The molecule has 9 rings (SSSR count). The summed E-state index contributed by atoms with van der Waals surface area (Å²) in [6.45, 7) is -0.423. The van der Waals surface area contributed by atoms with Gasteiger partial charge in [-0.2, -0.15) is 4.98 Å². The van der Waals surface area contributed by atoms with Gasteiger partial charge in [0.2, 0.25) is 5.95 Å². The lowest BCUT2D eigenvalue weighted by Gasteiger charge is -2.27. The van der Waals surface area contributed by atoms with E-state index in [-0.39, 0.29) is 69.9 Å². The van der Waals surface area contributed by atoms with Gasteiger partial charge in [-0.25, -0.2) is 19.9 Å². The number of hydrogen-bond donors (Lipinski definition) is 9. The molecule has 23 heteroatoms. The Morgan fingerprint density at radius 2 is 1.27 bits per heavy atom. The summed E-state index contributed by atoms with van der Waals surface area (Å²) in [4.78, 5) is 86.9. The number of imidazole rings is 2. The van der Waals surface area contributed by atoms with E-state index < -0.39 is 76.2 Å². The van der Waals surface area contributed by atoms with Crippen molar-refractivity contribution in [3.8, 4) is 0 Å². The van der Waals surface area contributed by atoms with Crippen molar-refractivity contribution in [2.24, 2.45) is 0 Å². The van der Waals surface area contributed by atoms with Crippen LogP contribution in [-0.2, 0) is 9.47 Å². The molecule has 0 radical (unpaired) electrons. The Morgan fingerprint density at radius 3 is 1.98 bits per heavy atom. The van der Waals surface area contributed by atoms with Gasteiger partial charge in [0, 0.05) is 13.1 Å². The van der Waals surface area contributed by atoms with Crippen molar-refractivity contribution in [2.75, 3.05) is 45.8 Å². The molecule has 23 nitrogen and oxygen atoms in total. The lowest BCUT2D eigenvalue weighted by Crippen LogP contribution is -2.48. The number of aromatic amines is 1. The molecule has 4 aromatic heterocycles. The Hall–Kier alpha value is -6.30. The molecule has 0 aliphatic carbocycles. The summed E-state index contributed by atoms with van der Waals surface area (Å²) < 4.78 is 15.2. The highest BCUT2D eigenvalue weighted by molar-refractivity contribution is 5.81. The van der Waals surface area contributed by atoms with Crippen LogP contribution in [0.5, 0.6) is 0 Å². The van der Waals surface area contributed by atoms with E-state index in [1.54, 1.807) is 0 Å². The minimum absolute atomic E-state index is 0.0120. The van der Waals surface area contributed by atoms with Gasteiger partial charge in [0.25, 0.3) is 27.3 Å². The van der Waals surface area contributed by atoms with Crippen LogP contribution in [0.15, 0.2) is 43.0 Å².